The third kappa shape index (κ3) is 3.73. The van der Waals surface area contributed by atoms with Gasteiger partial charge in [0.25, 0.3) is 0 Å². The fourth-order valence-electron chi connectivity index (χ4n) is 4.09. The van der Waals surface area contributed by atoms with Gasteiger partial charge in [0, 0.05) is 11.6 Å². The molecule has 33 heavy (non-hydrogen) atoms. The standard InChI is InChI=1S/C24H23F2N5O2/c1-2-5-16(27)18-8-4-7-17(29-18)14-10-19-22-20(11-14)33-13-24(25,26)23(22)30-31(19)21-9-3-6-15(12-32)28-21/h3-4,6-11,16,32H,2,5,12-13,27H2,1H3. The summed E-state index contributed by atoms with van der Waals surface area (Å²) >= 11 is 0. The summed E-state index contributed by atoms with van der Waals surface area (Å²) in [5.74, 6) is -2.60. The molecule has 0 saturated carbocycles. The molecule has 0 amide bonds. The predicted octanol–water partition coefficient (Wildman–Crippen LogP) is 4.26. The SMILES string of the molecule is CCCC(N)c1cccc(-c2cc3c4c(nn(-c5cccc(CO)n5)c4c2)C(F)(F)CO3)n1. The summed E-state index contributed by atoms with van der Waals surface area (Å²) < 4.78 is 36.2. The van der Waals surface area contributed by atoms with E-state index in [1.54, 1.807) is 30.3 Å². The predicted molar refractivity (Wildman–Crippen MR) is 119 cm³/mol. The molecule has 1 atom stereocenters. The van der Waals surface area contributed by atoms with E-state index in [0.717, 1.165) is 18.5 Å². The van der Waals surface area contributed by atoms with Crippen LogP contribution in [0.2, 0.25) is 0 Å². The number of nitrogens with two attached hydrogens (primary N) is 1. The summed E-state index contributed by atoms with van der Waals surface area (Å²) in [5, 5.41) is 13.9. The van der Waals surface area contributed by atoms with E-state index in [1.165, 1.54) is 4.68 Å². The van der Waals surface area contributed by atoms with Crippen LogP contribution < -0.4 is 10.5 Å². The van der Waals surface area contributed by atoms with Gasteiger partial charge < -0.3 is 15.6 Å². The van der Waals surface area contributed by atoms with Crippen molar-refractivity contribution in [3.63, 3.8) is 0 Å². The Kier molecular flexibility index (Phi) is 5.30. The molecule has 0 radical (unpaired) electrons. The molecule has 1 aliphatic rings. The zero-order chi connectivity index (χ0) is 23.2. The van der Waals surface area contributed by atoms with E-state index in [1.807, 2.05) is 18.2 Å². The highest BCUT2D eigenvalue weighted by Gasteiger charge is 2.43. The van der Waals surface area contributed by atoms with Gasteiger partial charge in [0.1, 0.15) is 11.4 Å². The Morgan fingerprint density at radius 3 is 2.79 bits per heavy atom. The Balaban J connectivity index is 1.72. The average Bonchev–Trinajstić information content (AvgIpc) is 3.23. The zero-order valence-electron chi connectivity index (χ0n) is 18.0. The lowest BCUT2D eigenvalue weighted by Gasteiger charge is -2.22. The van der Waals surface area contributed by atoms with Crippen LogP contribution in [0.25, 0.3) is 28.0 Å². The van der Waals surface area contributed by atoms with Gasteiger partial charge in [-0.3, -0.25) is 4.98 Å². The minimum absolute atomic E-state index is 0.186. The number of benzene rings is 1. The summed E-state index contributed by atoms with van der Waals surface area (Å²) in [7, 11) is 0. The molecule has 1 unspecified atom stereocenters. The van der Waals surface area contributed by atoms with Crippen molar-refractivity contribution in [1.82, 2.24) is 19.7 Å². The molecule has 4 aromatic rings. The Labute approximate surface area is 188 Å². The van der Waals surface area contributed by atoms with Crippen LogP contribution in [-0.2, 0) is 12.5 Å². The third-order valence-corrected chi connectivity index (χ3v) is 5.72. The highest BCUT2D eigenvalue weighted by atomic mass is 19.3. The van der Waals surface area contributed by atoms with E-state index in [-0.39, 0.29) is 23.7 Å². The molecule has 1 aromatic carbocycles. The van der Waals surface area contributed by atoms with Gasteiger partial charge in [-0.25, -0.2) is 9.67 Å². The second-order valence-electron chi connectivity index (χ2n) is 8.11. The van der Waals surface area contributed by atoms with Crippen molar-refractivity contribution >= 4 is 10.9 Å². The van der Waals surface area contributed by atoms with Gasteiger partial charge in [0.15, 0.2) is 12.4 Å². The maximum absolute atomic E-state index is 14.7. The van der Waals surface area contributed by atoms with Crippen LogP contribution in [0, 0.1) is 0 Å². The van der Waals surface area contributed by atoms with Crippen molar-refractivity contribution in [2.45, 2.75) is 38.3 Å². The Bertz CT molecular complexity index is 1340. The molecular weight excluding hydrogens is 428 g/mol. The van der Waals surface area contributed by atoms with Crippen molar-refractivity contribution in [1.29, 1.82) is 0 Å². The fraction of sp³-hybridized carbons (Fsp3) is 0.292. The maximum Gasteiger partial charge on any atom is 0.325 e. The number of aliphatic hydroxyl groups excluding tert-OH is 1. The lowest BCUT2D eigenvalue weighted by Crippen LogP contribution is -2.27. The number of pyridine rings is 2. The molecule has 9 heteroatoms. The van der Waals surface area contributed by atoms with Crippen molar-refractivity contribution in [3.05, 3.63) is 65.6 Å². The molecule has 5 rings (SSSR count). The molecule has 0 fully saturated rings. The van der Waals surface area contributed by atoms with Gasteiger partial charge in [0.2, 0.25) is 0 Å². The summed E-state index contributed by atoms with van der Waals surface area (Å²) in [6.07, 6.45) is 1.75. The first-order valence-corrected chi connectivity index (χ1v) is 10.8. The maximum atomic E-state index is 14.7. The number of hydrogen-bond acceptors (Lipinski definition) is 6. The summed E-state index contributed by atoms with van der Waals surface area (Å²) in [6, 6.07) is 13.9. The third-order valence-electron chi connectivity index (χ3n) is 5.72. The minimum Gasteiger partial charge on any atom is -0.486 e. The number of nitrogens with zero attached hydrogens (tertiary/aromatic N) is 4. The first-order chi connectivity index (χ1) is 15.9. The van der Waals surface area contributed by atoms with Gasteiger partial charge in [-0.15, -0.1) is 0 Å². The molecule has 170 valence electrons. The van der Waals surface area contributed by atoms with Crippen LogP contribution in [0.3, 0.4) is 0 Å². The number of aliphatic hydroxyl groups is 1. The Morgan fingerprint density at radius 2 is 2.00 bits per heavy atom. The molecule has 3 N–H and O–H groups in total. The van der Waals surface area contributed by atoms with Gasteiger partial charge >= 0.3 is 5.92 Å². The highest BCUT2D eigenvalue weighted by molar-refractivity contribution is 5.94. The van der Waals surface area contributed by atoms with E-state index in [2.05, 4.69) is 17.0 Å². The first-order valence-electron chi connectivity index (χ1n) is 10.8. The average molecular weight is 451 g/mol. The van der Waals surface area contributed by atoms with Crippen LogP contribution in [0.5, 0.6) is 5.75 Å². The van der Waals surface area contributed by atoms with Crippen LogP contribution in [-0.4, -0.2) is 31.5 Å². The van der Waals surface area contributed by atoms with E-state index in [0.29, 0.717) is 34.0 Å². The summed E-state index contributed by atoms with van der Waals surface area (Å²) in [5.41, 5.74) is 8.85. The number of rotatable bonds is 6. The molecule has 4 heterocycles. The number of halogens is 2. The molecule has 0 saturated heterocycles. The fourth-order valence-corrected chi connectivity index (χ4v) is 4.09. The topological polar surface area (TPSA) is 99.1 Å². The van der Waals surface area contributed by atoms with Gasteiger partial charge in [0.05, 0.1) is 34.6 Å². The number of ether oxygens (including phenoxy) is 1. The molecule has 3 aromatic heterocycles. The van der Waals surface area contributed by atoms with E-state index >= 15 is 0 Å². The number of aromatic nitrogens is 4. The smallest absolute Gasteiger partial charge is 0.325 e. The van der Waals surface area contributed by atoms with Gasteiger partial charge in [-0.05, 0) is 42.8 Å². The highest BCUT2D eigenvalue weighted by Crippen LogP contribution is 2.44. The molecule has 7 nitrogen and oxygen atoms in total. The molecule has 0 spiro atoms. The Hall–Kier alpha value is -3.43. The second kappa shape index (κ2) is 8.17. The van der Waals surface area contributed by atoms with E-state index < -0.39 is 12.5 Å². The monoisotopic (exact) mass is 451 g/mol. The minimum atomic E-state index is -3.24. The van der Waals surface area contributed by atoms with Crippen LogP contribution in [0.4, 0.5) is 8.78 Å². The summed E-state index contributed by atoms with van der Waals surface area (Å²) in [4.78, 5) is 9.07. The number of alkyl halides is 2. The van der Waals surface area contributed by atoms with Gasteiger partial charge in [-0.2, -0.15) is 13.9 Å². The normalized spacial score (nSPS) is 15.4. The quantitative estimate of drug-likeness (QED) is 0.455. The van der Waals surface area contributed by atoms with Crippen molar-refractivity contribution in [3.8, 4) is 22.8 Å². The van der Waals surface area contributed by atoms with E-state index in [4.69, 9.17) is 15.5 Å². The largest absolute Gasteiger partial charge is 0.486 e. The summed E-state index contributed by atoms with van der Waals surface area (Å²) in [6.45, 7) is 0.993. The molecular formula is C24H23F2N5O2. The lowest BCUT2D eigenvalue weighted by molar-refractivity contribution is -0.0541. The second-order valence-corrected chi connectivity index (χ2v) is 8.11. The zero-order valence-corrected chi connectivity index (χ0v) is 18.0. The van der Waals surface area contributed by atoms with Crippen LogP contribution in [0.1, 0.15) is 42.9 Å². The van der Waals surface area contributed by atoms with Crippen LogP contribution in [0.15, 0.2) is 48.5 Å². The lowest BCUT2D eigenvalue weighted by atomic mass is 10.0. The first kappa shape index (κ1) is 21.4. The molecule has 1 aliphatic heterocycles. The molecule has 0 aliphatic carbocycles. The number of hydrogen-bond donors (Lipinski definition) is 2. The van der Waals surface area contributed by atoms with Crippen molar-refractivity contribution < 1.29 is 18.6 Å². The van der Waals surface area contributed by atoms with E-state index in [9.17, 15) is 13.9 Å². The van der Waals surface area contributed by atoms with Crippen molar-refractivity contribution in [2.75, 3.05) is 6.61 Å². The van der Waals surface area contributed by atoms with Crippen LogP contribution >= 0.6 is 0 Å². The van der Waals surface area contributed by atoms with Gasteiger partial charge in [-0.1, -0.05) is 25.5 Å². The molecule has 0 bridgehead atoms. The Morgan fingerprint density at radius 1 is 1.18 bits per heavy atom. The van der Waals surface area contributed by atoms with Crippen molar-refractivity contribution in [2.24, 2.45) is 5.73 Å².